The predicted octanol–water partition coefficient (Wildman–Crippen LogP) is 2.26. The second kappa shape index (κ2) is 8.53. The van der Waals surface area contributed by atoms with Crippen LogP contribution in [-0.4, -0.2) is 30.8 Å². The van der Waals surface area contributed by atoms with Crippen molar-refractivity contribution >= 4 is 5.91 Å². The molecule has 0 radical (unpaired) electrons. The number of unbranched alkanes of at least 4 members (excludes halogenated alkanes) is 1. The molecule has 0 aliphatic rings. The van der Waals surface area contributed by atoms with Crippen LogP contribution in [0.1, 0.15) is 31.7 Å². The number of ether oxygens (including phenoxy) is 1. The van der Waals surface area contributed by atoms with Gasteiger partial charge < -0.3 is 15.2 Å². The van der Waals surface area contributed by atoms with Crippen molar-refractivity contribution in [1.82, 2.24) is 5.32 Å². The molecule has 0 aromatic heterocycles. The molecule has 1 aromatic carbocycles. The van der Waals surface area contributed by atoms with Gasteiger partial charge in [-0.2, -0.15) is 0 Å². The first-order chi connectivity index (χ1) is 9.15. The normalized spacial score (nSPS) is 12.1. The molecule has 19 heavy (non-hydrogen) atoms. The zero-order chi connectivity index (χ0) is 14.1. The molecular weight excluding hydrogens is 242 g/mol. The van der Waals surface area contributed by atoms with Gasteiger partial charge in [-0.15, -0.1) is 0 Å². The number of nitrogens with one attached hydrogen (secondary N) is 1. The van der Waals surface area contributed by atoms with Crippen LogP contribution in [0, 0.1) is 0 Å². The number of carbonyl (C=O) groups excluding carboxylic acids is 1. The van der Waals surface area contributed by atoms with Crippen LogP contribution < -0.4 is 5.32 Å². The molecular formula is C15H23NO3. The lowest BCUT2D eigenvalue weighted by Crippen LogP contribution is -2.38. The van der Waals surface area contributed by atoms with Crippen molar-refractivity contribution in [2.24, 2.45) is 0 Å². The van der Waals surface area contributed by atoms with Crippen LogP contribution in [-0.2, 0) is 16.0 Å². The fraction of sp³-hybridized carbons (Fsp3) is 0.533. The monoisotopic (exact) mass is 265 g/mol. The van der Waals surface area contributed by atoms with Gasteiger partial charge in [0.25, 0.3) is 0 Å². The molecule has 0 bridgehead atoms. The Bertz CT molecular complexity index is 393. The Morgan fingerprint density at radius 1 is 1.47 bits per heavy atom. The first-order valence-corrected chi connectivity index (χ1v) is 6.72. The van der Waals surface area contributed by atoms with Crippen LogP contribution in [0.5, 0.6) is 5.75 Å². The van der Waals surface area contributed by atoms with E-state index < -0.39 is 0 Å². The number of methoxy groups -OCH3 is 1. The van der Waals surface area contributed by atoms with E-state index in [-0.39, 0.29) is 24.1 Å². The van der Waals surface area contributed by atoms with Crippen LogP contribution in [0.25, 0.3) is 0 Å². The first-order valence-electron chi connectivity index (χ1n) is 6.72. The van der Waals surface area contributed by atoms with Crippen LogP contribution in [0.3, 0.4) is 0 Å². The lowest BCUT2D eigenvalue weighted by molar-refractivity contribution is -0.121. The number of hydrogen-bond donors (Lipinski definition) is 2. The summed E-state index contributed by atoms with van der Waals surface area (Å²) in [5, 5.41) is 12.3. The Kier molecular flexibility index (Phi) is 6.97. The van der Waals surface area contributed by atoms with E-state index in [4.69, 9.17) is 4.74 Å². The minimum Gasteiger partial charge on any atom is -0.508 e. The molecule has 0 heterocycles. The highest BCUT2D eigenvalue weighted by Crippen LogP contribution is 2.11. The summed E-state index contributed by atoms with van der Waals surface area (Å²) in [6.45, 7) is 2.66. The van der Waals surface area contributed by atoms with Gasteiger partial charge in [-0.05, 0) is 24.1 Å². The largest absolute Gasteiger partial charge is 0.508 e. The maximum Gasteiger partial charge on any atom is 0.224 e. The van der Waals surface area contributed by atoms with Gasteiger partial charge in [0.15, 0.2) is 0 Å². The lowest BCUT2D eigenvalue weighted by atomic mass is 10.1. The van der Waals surface area contributed by atoms with E-state index in [1.807, 2.05) is 6.07 Å². The van der Waals surface area contributed by atoms with E-state index in [1.54, 1.807) is 25.3 Å². The van der Waals surface area contributed by atoms with Crippen molar-refractivity contribution in [3.05, 3.63) is 29.8 Å². The van der Waals surface area contributed by atoms with Crippen molar-refractivity contribution in [2.45, 2.75) is 38.6 Å². The fourth-order valence-corrected chi connectivity index (χ4v) is 1.98. The summed E-state index contributed by atoms with van der Waals surface area (Å²) >= 11 is 0. The summed E-state index contributed by atoms with van der Waals surface area (Å²) in [4.78, 5) is 11.9. The number of phenolic OH excluding ortho intramolecular Hbond substituents is 1. The standard InChI is InChI=1S/C15H23NO3/c1-3-4-7-13(11-19-2)16-15(18)10-12-6-5-8-14(17)9-12/h5-6,8-9,13,17H,3-4,7,10-11H2,1-2H3,(H,16,18)/t13-/m0/s1. The Balaban J connectivity index is 2.47. The van der Waals surface area contributed by atoms with Crippen molar-refractivity contribution in [2.75, 3.05) is 13.7 Å². The summed E-state index contributed by atoms with van der Waals surface area (Å²) < 4.78 is 5.12. The maximum atomic E-state index is 11.9. The van der Waals surface area contributed by atoms with Gasteiger partial charge in [0.05, 0.1) is 19.1 Å². The predicted molar refractivity (Wildman–Crippen MR) is 75.1 cm³/mol. The molecule has 1 amide bonds. The lowest BCUT2D eigenvalue weighted by Gasteiger charge is -2.17. The van der Waals surface area contributed by atoms with Crippen molar-refractivity contribution in [1.29, 1.82) is 0 Å². The minimum absolute atomic E-state index is 0.0382. The molecule has 1 aromatic rings. The molecule has 0 saturated carbocycles. The van der Waals surface area contributed by atoms with Crippen LogP contribution in [0.4, 0.5) is 0 Å². The van der Waals surface area contributed by atoms with Crippen LogP contribution in [0.2, 0.25) is 0 Å². The van der Waals surface area contributed by atoms with Crippen molar-refractivity contribution in [3.63, 3.8) is 0 Å². The molecule has 4 heteroatoms. The molecule has 106 valence electrons. The molecule has 2 N–H and O–H groups in total. The van der Waals surface area contributed by atoms with Gasteiger partial charge in [0.1, 0.15) is 5.75 Å². The number of benzene rings is 1. The molecule has 0 aliphatic carbocycles. The van der Waals surface area contributed by atoms with Crippen LogP contribution in [0.15, 0.2) is 24.3 Å². The van der Waals surface area contributed by atoms with Gasteiger partial charge in [-0.1, -0.05) is 31.9 Å². The van der Waals surface area contributed by atoms with E-state index in [0.717, 1.165) is 24.8 Å². The van der Waals surface area contributed by atoms with E-state index in [0.29, 0.717) is 6.61 Å². The third-order valence-corrected chi connectivity index (χ3v) is 2.91. The van der Waals surface area contributed by atoms with Gasteiger partial charge in [0.2, 0.25) is 5.91 Å². The molecule has 1 rings (SSSR count). The van der Waals surface area contributed by atoms with Crippen molar-refractivity contribution in [3.8, 4) is 5.75 Å². The first kappa shape index (κ1) is 15.5. The molecule has 0 saturated heterocycles. The topological polar surface area (TPSA) is 58.6 Å². The molecule has 0 aliphatic heterocycles. The quantitative estimate of drug-likeness (QED) is 0.758. The summed E-state index contributed by atoms with van der Waals surface area (Å²) in [6, 6.07) is 6.83. The zero-order valence-electron chi connectivity index (χ0n) is 11.7. The zero-order valence-corrected chi connectivity index (χ0v) is 11.7. The Labute approximate surface area is 114 Å². The molecule has 0 unspecified atom stereocenters. The third-order valence-electron chi connectivity index (χ3n) is 2.91. The number of hydrogen-bond acceptors (Lipinski definition) is 3. The number of carbonyl (C=O) groups is 1. The van der Waals surface area contributed by atoms with E-state index in [1.165, 1.54) is 0 Å². The molecule has 1 atom stereocenters. The molecule has 0 fully saturated rings. The second-order valence-corrected chi connectivity index (χ2v) is 4.71. The second-order valence-electron chi connectivity index (χ2n) is 4.71. The average Bonchev–Trinajstić information content (AvgIpc) is 2.36. The highest BCUT2D eigenvalue weighted by atomic mass is 16.5. The van der Waals surface area contributed by atoms with Crippen molar-refractivity contribution < 1.29 is 14.6 Å². The number of amides is 1. The highest BCUT2D eigenvalue weighted by molar-refractivity contribution is 5.78. The van der Waals surface area contributed by atoms with Gasteiger partial charge >= 0.3 is 0 Å². The molecule has 4 nitrogen and oxygen atoms in total. The maximum absolute atomic E-state index is 11.9. The Morgan fingerprint density at radius 3 is 2.89 bits per heavy atom. The highest BCUT2D eigenvalue weighted by Gasteiger charge is 2.12. The summed E-state index contributed by atoms with van der Waals surface area (Å²) in [5.74, 6) is 0.147. The minimum atomic E-state index is -0.0382. The average molecular weight is 265 g/mol. The SMILES string of the molecule is CCCC[C@@H](COC)NC(=O)Cc1cccc(O)c1. The van der Waals surface area contributed by atoms with Gasteiger partial charge in [-0.3, -0.25) is 4.79 Å². The van der Waals surface area contributed by atoms with Crippen LogP contribution >= 0.6 is 0 Å². The summed E-state index contributed by atoms with van der Waals surface area (Å²) in [7, 11) is 1.64. The van der Waals surface area contributed by atoms with E-state index >= 15 is 0 Å². The Hall–Kier alpha value is -1.55. The fourth-order valence-electron chi connectivity index (χ4n) is 1.98. The van der Waals surface area contributed by atoms with E-state index in [2.05, 4.69) is 12.2 Å². The van der Waals surface area contributed by atoms with E-state index in [9.17, 15) is 9.90 Å². The van der Waals surface area contributed by atoms with Gasteiger partial charge in [0, 0.05) is 7.11 Å². The molecule has 0 spiro atoms. The number of rotatable bonds is 8. The smallest absolute Gasteiger partial charge is 0.224 e. The third kappa shape index (κ3) is 6.25. The Morgan fingerprint density at radius 2 is 2.26 bits per heavy atom. The summed E-state index contributed by atoms with van der Waals surface area (Å²) in [6.07, 6.45) is 3.37. The van der Waals surface area contributed by atoms with Gasteiger partial charge in [-0.25, -0.2) is 0 Å². The summed E-state index contributed by atoms with van der Waals surface area (Å²) in [5.41, 5.74) is 0.809. The number of aromatic hydroxyl groups is 1. The number of phenols is 1.